The van der Waals surface area contributed by atoms with E-state index in [2.05, 4.69) is 0 Å². The van der Waals surface area contributed by atoms with Crippen molar-refractivity contribution in [3.8, 4) is 5.75 Å². The van der Waals surface area contributed by atoms with Crippen LogP contribution in [0, 0.1) is 0 Å². The predicted molar refractivity (Wildman–Crippen MR) is 95.2 cm³/mol. The first-order valence-electron chi connectivity index (χ1n) is 8.17. The molecule has 24 heavy (non-hydrogen) atoms. The topological polar surface area (TPSA) is 49.8 Å². The Morgan fingerprint density at radius 1 is 1.00 bits per heavy atom. The molecule has 1 N–H and O–H groups in total. The number of carbonyl (C=O) groups is 1. The van der Waals surface area contributed by atoms with Crippen LogP contribution >= 0.6 is 0 Å². The summed E-state index contributed by atoms with van der Waals surface area (Å²) in [4.78, 5) is 14.4. The highest BCUT2D eigenvalue weighted by Gasteiger charge is 2.26. The van der Waals surface area contributed by atoms with E-state index in [0.717, 1.165) is 5.56 Å². The van der Waals surface area contributed by atoms with Crippen molar-refractivity contribution >= 4 is 5.91 Å². The Morgan fingerprint density at radius 2 is 1.58 bits per heavy atom. The van der Waals surface area contributed by atoms with Gasteiger partial charge in [0.05, 0.1) is 23.8 Å². The van der Waals surface area contributed by atoms with Gasteiger partial charge in [-0.3, -0.25) is 4.79 Å². The summed E-state index contributed by atoms with van der Waals surface area (Å²) in [6, 6.07) is 16.2. The van der Waals surface area contributed by atoms with Gasteiger partial charge in [-0.05, 0) is 38.5 Å². The molecule has 4 nitrogen and oxygen atoms in total. The fraction of sp³-hybridized carbons (Fsp3) is 0.350. The zero-order chi connectivity index (χ0) is 17.7. The lowest BCUT2D eigenvalue weighted by Crippen LogP contribution is -2.39. The second-order valence-corrected chi connectivity index (χ2v) is 6.17. The summed E-state index contributed by atoms with van der Waals surface area (Å²) in [6.45, 7) is 5.68. The van der Waals surface area contributed by atoms with E-state index in [-0.39, 0.29) is 18.1 Å². The lowest BCUT2D eigenvalue weighted by Gasteiger charge is -2.30. The normalized spacial score (nSPS) is 13.4. The Labute approximate surface area is 143 Å². The van der Waals surface area contributed by atoms with Crippen LogP contribution in [0.4, 0.5) is 0 Å². The lowest BCUT2D eigenvalue weighted by molar-refractivity contribution is 0.0482. The van der Waals surface area contributed by atoms with Crippen LogP contribution in [0.1, 0.15) is 42.8 Å². The van der Waals surface area contributed by atoms with Gasteiger partial charge in [0.2, 0.25) is 0 Å². The van der Waals surface area contributed by atoms with Crippen LogP contribution in [0.15, 0.2) is 54.6 Å². The summed E-state index contributed by atoms with van der Waals surface area (Å²) in [6.07, 6.45) is -0.769. The number of hydrogen-bond acceptors (Lipinski definition) is 3. The van der Waals surface area contributed by atoms with E-state index in [9.17, 15) is 9.90 Å². The molecular formula is C20H25NO3. The molecule has 0 aliphatic heterocycles. The minimum Gasteiger partial charge on any atom is -0.490 e. The lowest BCUT2D eigenvalue weighted by atomic mass is 10.0. The smallest absolute Gasteiger partial charge is 0.257 e. The number of hydrogen-bond donors (Lipinski definition) is 1. The molecule has 1 amide bonds. The molecule has 0 saturated carbocycles. The van der Waals surface area contributed by atoms with Gasteiger partial charge in [0.1, 0.15) is 5.75 Å². The first-order chi connectivity index (χ1) is 11.4. The maximum atomic E-state index is 12.9. The molecule has 0 saturated heterocycles. The van der Waals surface area contributed by atoms with E-state index in [4.69, 9.17) is 4.74 Å². The van der Waals surface area contributed by atoms with E-state index in [0.29, 0.717) is 11.3 Å². The molecule has 0 bridgehead atoms. The van der Waals surface area contributed by atoms with Gasteiger partial charge in [-0.15, -0.1) is 0 Å². The highest BCUT2D eigenvalue weighted by Crippen LogP contribution is 2.25. The zero-order valence-electron chi connectivity index (χ0n) is 14.6. The molecule has 0 aromatic heterocycles. The first-order valence-corrected chi connectivity index (χ1v) is 8.17. The number of aliphatic hydroxyl groups excluding tert-OH is 1. The number of likely N-dealkylation sites (N-methyl/N-ethyl adjacent to an activating group) is 1. The SMILES string of the molecule is CC(C)Oc1ccccc1C(=O)N(C)C(C)C(O)c1ccccc1. The van der Waals surface area contributed by atoms with Crippen molar-refractivity contribution in [2.45, 2.75) is 39.0 Å². The third-order valence-electron chi connectivity index (χ3n) is 4.01. The Bertz CT molecular complexity index is 670. The summed E-state index contributed by atoms with van der Waals surface area (Å²) >= 11 is 0. The number of aliphatic hydroxyl groups is 1. The van der Waals surface area contributed by atoms with Crippen molar-refractivity contribution in [2.75, 3.05) is 7.05 Å². The highest BCUT2D eigenvalue weighted by atomic mass is 16.5. The third kappa shape index (κ3) is 4.15. The molecule has 2 aromatic carbocycles. The van der Waals surface area contributed by atoms with Crippen LogP contribution in [-0.2, 0) is 0 Å². The number of para-hydroxylation sites is 1. The number of nitrogens with zero attached hydrogens (tertiary/aromatic N) is 1. The number of amides is 1. The molecule has 0 spiro atoms. The van der Waals surface area contributed by atoms with Crippen molar-refractivity contribution in [1.29, 1.82) is 0 Å². The van der Waals surface area contributed by atoms with Crippen molar-refractivity contribution in [1.82, 2.24) is 4.90 Å². The monoisotopic (exact) mass is 327 g/mol. The minimum absolute atomic E-state index is 0.0170. The van der Waals surface area contributed by atoms with Gasteiger partial charge in [-0.1, -0.05) is 42.5 Å². The average molecular weight is 327 g/mol. The molecule has 0 heterocycles. The second-order valence-electron chi connectivity index (χ2n) is 6.17. The minimum atomic E-state index is -0.752. The molecule has 2 aromatic rings. The molecule has 0 aliphatic rings. The summed E-state index contributed by atoms with van der Waals surface area (Å²) < 4.78 is 5.73. The van der Waals surface area contributed by atoms with Gasteiger partial charge in [-0.2, -0.15) is 0 Å². The third-order valence-corrected chi connectivity index (χ3v) is 4.01. The Hall–Kier alpha value is -2.33. The highest BCUT2D eigenvalue weighted by molar-refractivity contribution is 5.97. The van der Waals surface area contributed by atoms with E-state index in [1.54, 1.807) is 24.1 Å². The Morgan fingerprint density at radius 3 is 2.21 bits per heavy atom. The van der Waals surface area contributed by atoms with Gasteiger partial charge in [-0.25, -0.2) is 0 Å². The Balaban J connectivity index is 2.20. The van der Waals surface area contributed by atoms with Crippen molar-refractivity contribution in [3.05, 3.63) is 65.7 Å². The summed E-state index contributed by atoms with van der Waals surface area (Å²) in [5.41, 5.74) is 1.29. The van der Waals surface area contributed by atoms with Crippen LogP contribution in [-0.4, -0.2) is 35.1 Å². The van der Waals surface area contributed by atoms with Crippen molar-refractivity contribution in [3.63, 3.8) is 0 Å². The molecule has 2 unspecified atom stereocenters. The summed E-state index contributed by atoms with van der Waals surface area (Å²) in [5.74, 6) is 0.388. The van der Waals surface area contributed by atoms with Crippen LogP contribution < -0.4 is 4.74 Å². The maximum Gasteiger partial charge on any atom is 0.257 e. The number of benzene rings is 2. The largest absolute Gasteiger partial charge is 0.490 e. The molecule has 0 aliphatic carbocycles. The van der Waals surface area contributed by atoms with E-state index < -0.39 is 6.10 Å². The molecule has 0 fully saturated rings. The molecule has 0 radical (unpaired) electrons. The number of rotatable bonds is 6. The molecule has 2 rings (SSSR count). The van der Waals surface area contributed by atoms with Crippen LogP contribution in [0.3, 0.4) is 0 Å². The van der Waals surface area contributed by atoms with Gasteiger partial charge < -0.3 is 14.7 Å². The first kappa shape index (κ1) is 18.0. The van der Waals surface area contributed by atoms with E-state index in [1.807, 2.05) is 63.2 Å². The number of carbonyl (C=O) groups excluding carboxylic acids is 1. The molecule has 4 heteroatoms. The fourth-order valence-corrected chi connectivity index (χ4v) is 2.52. The van der Waals surface area contributed by atoms with Crippen LogP contribution in [0.5, 0.6) is 5.75 Å². The summed E-state index contributed by atoms with van der Waals surface area (Å²) in [7, 11) is 1.70. The molecule has 128 valence electrons. The zero-order valence-corrected chi connectivity index (χ0v) is 14.6. The summed E-state index contributed by atoms with van der Waals surface area (Å²) in [5, 5.41) is 10.5. The van der Waals surface area contributed by atoms with Crippen molar-refractivity contribution in [2.24, 2.45) is 0 Å². The van der Waals surface area contributed by atoms with Gasteiger partial charge in [0.25, 0.3) is 5.91 Å². The van der Waals surface area contributed by atoms with E-state index in [1.165, 1.54) is 0 Å². The quantitative estimate of drug-likeness (QED) is 0.881. The molecular weight excluding hydrogens is 302 g/mol. The number of ether oxygens (including phenoxy) is 1. The van der Waals surface area contributed by atoms with Crippen molar-refractivity contribution < 1.29 is 14.6 Å². The fourth-order valence-electron chi connectivity index (χ4n) is 2.52. The molecule has 2 atom stereocenters. The van der Waals surface area contributed by atoms with Gasteiger partial charge >= 0.3 is 0 Å². The maximum absolute atomic E-state index is 12.9. The van der Waals surface area contributed by atoms with Crippen LogP contribution in [0.25, 0.3) is 0 Å². The second kappa shape index (κ2) is 7.97. The Kier molecular flexibility index (Phi) is 5.99. The predicted octanol–water partition coefficient (Wildman–Crippen LogP) is 3.67. The van der Waals surface area contributed by atoms with Gasteiger partial charge in [0, 0.05) is 7.05 Å². The van der Waals surface area contributed by atoms with Crippen LogP contribution in [0.2, 0.25) is 0 Å². The average Bonchev–Trinajstić information content (AvgIpc) is 2.60. The van der Waals surface area contributed by atoms with E-state index >= 15 is 0 Å². The van der Waals surface area contributed by atoms with Gasteiger partial charge in [0.15, 0.2) is 0 Å². The standard InChI is InChI=1S/C20H25NO3/c1-14(2)24-18-13-9-8-12-17(18)20(23)21(4)15(3)19(22)16-10-6-5-7-11-16/h5-15,19,22H,1-4H3.